The molecule has 0 radical (unpaired) electrons. The lowest BCUT2D eigenvalue weighted by molar-refractivity contribution is 0.0986. The van der Waals surface area contributed by atoms with Gasteiger partial charge in [-0.15, -0.1) is 0 Å². The van der Waals surface area contributed by atoms with E-state index in [0.29, 0.717) is 12.1 Å². The van der Waals surface area contributed by atoms with E-state index >= 15 is 0 Å². The predicted octanol–water partition coefficient (Wildman–Crippen LogP) is 3.75. The van der Waals surface area contributed by atoms with Crippen molar-refractivity contribution < 1.29 is 4.79 Å². The van der Waals surface area contributed by atoms with Crippen LogP contribution in [0.5, 0.6) is 0 Å². The molecule has 0 saturated carbocycles. The van der Waals surface area contributed by atoms with Crippen molar-refractivity contribution in [1.29, 1.82) is 0 Å². The topological polar surface area (TPSA) is 36.4 Å². The van der Waals surface area contributed by atoms with E-state index in [0.717, 1.165) is 24.6 Å². The highest BCUT2D eigenvalue weighted by Gasteiger charge is 2.28. The average Bonchev–Trinajstić information content (AvgIpc) is 2.69. The van der Waals surface area contributed by atoms with Gasteiger partial charge in [0.2, 0.25) is 0 Å². The average molecular weight is 329 g/mol. The number of rotatable bonds is 3. The molecule has 0 atom stereocenters. The number of benzene rings is 2. The number of anilines is 2. The Morgan fingerprint density at radius 1 is 0.880 bits per heavy atom. The molecular formula is C21H19N3O. The number of hydrogen-bond donors (Lipinski definition) is 0. The fourth-order valence-electron chi connectivity index (χ4n) is 3.20. The molecule has 4 nitrogen and oxygen atoms in total. The van der Waals surface area contributed by atoms with Crippen molar-refractivity contribution in [3.8, 4) is 0 Å². The fourth-order valence-corrected chi connectivity index (χ4v) is 3.20. The fraction of sp³-hybridized carbons (Fsp3) is 0.143. The summed E-state index contributed by atoms with van der Waals surface area (Å²) < 4.78 is 0. The molecule has 4 heteroatoms. The van der Waals surface area contributed by atoms with E-state index in [-0.39, 0.29) is 5.91 Å². The molecule has 4 rings (SSSR count). The third-order valence-electron chi connectivity index (χ3n) is 4.43. The van der Waals surface area contributed by atoms with Crippen molar-refractivity contribution >= 4 is 17.4 Å². The number of pyridine rings is 1. The minimum atomic E-state index is 0.0224. The Labute approximate surface area is 147 Å². The molecular weight excluding hydrogens is 310 g/mol. The van der Waals surface area contributed by atoms with Gasteiger partial charge in [0, 0.05) is 31.4 Å². The van der Waals surface area contributed by atoms with Gasteiger partial charge in [0.25, 0.3) is 5.91 Å². The zero-order valence-corrected chi connectivity index (χ0v) is 13.9. The zero-order chi connectivity index (χ0) is 17.1. The smallest absolute Gasteiger partial charge is 0.258 e. The van der Waals surface area contributed by atoms with E-state index in [4.69, 9.17) is 0 Å². The molecule has 124 valence electrons. The second-order valence-corrected chi connectivity index (χ2v) is 6.08. The standard InChI is InChI=1S/C21H19N3O/c25-21(18-10-5-2-6-11-18)24-15-14-23(16-17-8-3-1-4-9-17)20-19(24)12-7-13-22-20/h1-13H,14-16H2. The second kappa shape index (κ2) is 6.77. The van der Waals surface area contributed by atoms with Gasteiger partial charge in [0.15, 0.2) is 5.82 Å². The van der Waals surface area contributed by atoms with Crippen molar-refractivity contribution in [3.05, 3.63) is 90.1 Å². The first kappa shape index (κ1) is 15.4. The molecule has 0 bridgehead atoms. The molecule has 1 aromatic heterocycles. The number of hydrogen-bond acceptors (Lipinski definition) is 3. The van der Waals surface area contributed by atoms with Gasteiger partial charge in [-0.05, 0) is 29.8 Å². The van der Waals surface area contributed by atoms with Crippen LogP contribution in [0.4, 0.5) is 11.5 Å². The van der Waals surface area contributed by atoms with Gasteiger partial charge in [-0.3, -0.25) is 4.79 Å². The quantitative estimate of drug-likeness (QED) is 0.734. The van der Waals surface area contributed by atoms with E-state index in [1.165, 1.54) is 5.56 Å². The van der Waals surface area contributed by atoms with Gasteiger partial charge < -0.3 is 9.80 Å². The third-order valence-corrected chi connectivity index (χ3v) is 4.43. The minimum absolute atomic E-state index is 0.0224. The number of amides is 1. The minimum Gasteiger partial charge on any atom is -0.349 e. The molecule has 0 saturated heterocycles. The Balaban J connectivity index is 1.64. The first-order valence-corrected chi connectivity index (χ1v) is 8.44. The molecule has 3 aromatic rings. The molecule has 1 aliphatic rings. The summed E-state index contributed by atoms with van der Waals surface area (Å²) in [5, 5.41) is 0. The SMILES string of the molecule is O=C(c1ccccc1)N1CCN(Cc2ccccc2)c2ncccc21. The Morgan fingerprint density at radius 2 is 1.60 bits per heavy atom. The van der Waals surface area contributed by atoms with E-state index < -0.39 is 0 Å². The van der Waals surface area contributed by atoms with E-state index in [1.807, 2.05) is 65.6 Å². The number of fused-ring (bicyclic) bond motifs is 1. The van der Waals surface area contributed by atoms with Gasteiger partial charge in [-0.1, -0.05) is 48.5 Å². The summed E-state index contributed by atoms with van der Waals surface area (Å²) >= 11 is 0. The number of nitrogens with zero attached hydrogens (tertiary/aromatic N) is 3. The van der Waals surface area contributed by atoms with Crippen LogP contribution in [0.25, 0.3) is 0 Å². The molecule has 1 amide bonds. The Bertz CT molecular complexity index is 865. The monoisotopic (exact) mass is 329 g/mol. The summed E-state index contributed by atoms with van der Waals surface area (Å²) in [5.74, 6) is 0.885. The van der Waals surface area contributed by atoms with Crippen molar-refractivity contribution in [1.82, 2.24) is 4.98 Å². The summed E-state index contributed by atoms with van der Waals surface area (Å²) in [6, 6.07) is 23.6. The van der Waals surface area contributed by atoms with E-state index in [9.17, 15) is 4.79 Å². The summed E-state index contributed by atoms with van der Waals surface area (Å²) in [7, 11) is 0. The molecule has 25 heavy (non-hydrogen) atoms. The Hall–Kier alpha value is -3.14. The zero-order valence-electron chi connectivity index (χ0n) is 13.9. The third kappa shape index (κ3) is 3.11. The van der Waals surface area contributed by atoms with Gasteiger partial charge in [-0.2, -0.15) is 0 Å². The van der Waals surface area contributed by atoms with Crippen LogP contribution in [0.1, 0.15) is 15.9 Å². The molecule has 0 aliphatic carbocycles. The van der Waals surface area contributed by atoms with Crippen molar-refractivity contribution in [2.24, 2.45) is 0 Å². The van der Waals surface area contributed by atoms with Crippen molar-refractivity contribution in [2.45, 2.75) is 6.54 Å². The highest BCUT2D eigenvalue weighted by Crippen LogP contribution is 2.32. The van der Waals surface area contributed by atoms with Gasteiger partial charge >= 0.3 is 0 Å². The van der Waals surface area contributed by atoms with Gasteiger partial charge in [0.05, 0.1) is 5.69 Å². The van der Waals surface area contributed by atoms with Gasteiger partial charge in [0.1, 0.15) is 0 Å². The number of carbonyl (C=O) groups excluding carboxylic acids is 1. The maximum absolute atomic E-state index is 12.9. The van der Waals surface area contributed by atoms with Crippen LogP contribution in [0.15, 0.2) is 79.0 Å². The lowest BCUT2D eigenvalue weighted by Gasteiger charge is -2.36. The summed E-state index contributed by atoms with van der Waals surface area (Å²) in [6.45, 7) is 2.20. The Kier molecular flexibility index (Phi) is 4.17. The predicted molar refractivity (Wildman–Crippen MR) is 99.8 cm³/mol. The molecule has 0 unspecified atom stereocenters. The lowest BCUT2D eigenvalue weighted by Crippen LogP contribution is -2.44. The Morgan fingerprint density at radius 3 is 2.36 bits per heavy atom. The van der Waals surface area contributed by atoms with Crippen LogP contribution >= 0.6 is 0 Å². The van der Waals surface area contributed by atoms with Crippen molar-refractivity contribution in [3.63, 3.8) is 0 Å². The first-order valence-electron chi connectivity index (χ1n) is 8.44. The highest BCUT2D eigenvalue weighted by atomic mass is 16.2. The maximum atomic E-state index is 12.9. The van der Waals surface area contributed by atoms with Crippen LogP contribution in [0.3, 0.4) is 0 Å². The molecule has 0 spiro atoms. The molecule has 0 N–H and O–H groups in total. The van der Waals surface area contributed by atoms with E-state index in [2.05, 4.69) is 22.0 Å². The van der Waals surface area contributed by atoms with Crippen LogP contribution in [0, 0.1) is 0 Å². The van der Waals surface area contributed by atoms with E-state index in [1.54, 1.807) is 6.20 Å². The number of carbonyl (C=O) groups is 1. The largest absolute Gasteiger partial charge is 0.349 e. The molecule has 2 aromatic carbocycles. The van der Waals surface area contributed by atoms with Crippen LogP contribution in [0.2, 0.25) is 0 Å². The molecule has 2 heterocycles. The lowest BCUT2D eigenvalue weighted by atomic mass is 10.1. The second-order valence-electron chi connectivity index (χ2n) is 6.08. The molecule has 0 fully saturated rings. The summed E-state index contributed by atoms with van der Waals surface area (Å²) in [5.41, 5.74) is 2.81. The normalized spacial score (nSPS) is 13.4. The molecule has 1 aliphatic heterocycles. The van der Waals surface area contributed by atoms with Crippen LogP contribution < -0.4 is 9.80 Å². The number of aromatic nitrogens is 1. The van der Waals surface area contributed by atoms with Crippen molar-refractivity contribution in [2.75, 3.05) is 22.9 Å². The summed E-state index contributed by atoms with van der Waals surface area (Å²) in [6.07, 6.45) is 1.79. The van der Waals surface area contributed by atoms with Gasteiger partial charge in [-0.25, -0.2) is 4.98 Å². The first-order chi connectivity index (χ1) is 12.3. The maximum Gasteiger partial charge on any atom is 0.258 e. The summed E-state index contributed by atoms with van der Waals surface area (Å²) in [4.78, 5) is 21.5. The van der Waals surface area contributed by atoms with Crippen LogP contribution in [-0.4, -0.2) is 24.0 Å². The highest BCUT2D eigenvalue weighted by molar-refractivity contribution is 6.08. The van der Waals surface area contributed by atoms with Crippen LogP contribution in [-0.2, 0) is 6.54 Å².